The van der Waals surface area contributed by atoms with Crippen molar-refractivity contribution in [3.05, 3.63) is 54.1 Å². The Kier molecular flexibility index (Phi) is 5.38. The van der Waals surface area contributed by atoms with Gasteiger partial charge in [0.15, 0.2) is 0 Å². The molecule has 2 aromatic carbocycles. The van der Waals surface area contributed by atoms with E-state index in [9.17, 15) is 21.9 Å². The maximum Gasteiger partial charge on any atom is 0.241 e. The van der Waals surface area contributed by atoms with Crippen LogP contribution in [0.1, 0.15) is 19.4 Å². The third-order valence-corrected chi connectivity index (χ3v) is 7.23. The molecule has 8 heteroatoms. The summed E-state index contributed by atoms with van der Waals surface area (Å²) in [6, 6.07) is 11.8. The van der Waals surface area contributed by atoms with Gasteiger partial charge in [0.2, 0.25) is 19.9 Å². The first-order chi connectivity index (χ1) is 11.5. The van der Waals surface area contributed by atoms with Gasteiger partial charge < -0.3 is 5.11 Å². The number of nitrogens with one attached hydrogen (secondary N) is 1. The van der Waals surface area contributed by atoms with Crippen LogP contribution in [0.25, 0.3) is 0 Å². The molecule has 0 atom stereocenters. The lowest BCUT2D eigenvalue weighted by molar-refractivity contribution is 0.208. The van der Waals surface area contributed by atoms with Crippen molar-refractivity contribution in [3.8, 4) is 0 Å². The topological polar surface area (TPSA) is 101 Å². The highest BCUT2D eigenvalue weighted by Gasteiger charge is 2.28. The zero-order valence-corrected chi connectivity index (χ0v) is 15.9. The van der Waals surface area contributed by atoms with Crippen LogP contribution in [-0.2, 0) is 19.9 Å². The number of sulfone groups is 1. The van der Waals surface area contributed by atoms with Crippen molar-refractivity contribution in [1.29, 1.82) is 0 Å². The standard InChI is InChI=1S/C17H21NO5S2/c1-13-9-10-15(24(20,21)14-7-5-4-6-8-14)11-16(13)25(22,23)18-17(2,3)12-19/h4-11,18-19H,12H2,1-3H3. The molecule has 0 aliphatic carbocycles. The second-order valence-corrected chi connectivity index (χ2v) is 9.99. The van der Waals surface area contributed by atoms with E-state index in [0.717, 1.165) is 6.07 Å². The highest BCUT2D eigenvalue weighted by Crippen LogP contribution is 2.26. The summed E-state index contributed by atoms with van der Waals surface area (Å²) in [5, 5.41) is 9.28. The van der Waals surface area contributed by atoms with Crippen LogP contribution >= 0.6 is 0 Å². The number of rotatable bonds is 6. The molecular weight excluding hydrogens is 362 g/mol. The van der Waals surface area contributed by atoms with E-state index in [1.165, 1.54) is 38.1 Å². The highest BCUT2D eigenvalue weighted by molar-refractivity contribution is 7.91. The van der Waals surface area contributed by atoms with Crippen LogP contribution in [0.4, 0.5) is 0 Å². The molecule has 0 heterocycles. The Morgan fingerprint density at radius 3 is 2.12 bits per heavy atom. The molecule has 0 bridgehead atoms. The molecule has 0 fully saturated rings. The average Bonchev–Trinajstić information content (AvgIpc) is 2.54. The summed E-state index contributed by atoms with van der Waals surface area (Å²) in [5.41, 5.74) is -0.659. The van der Waals surface area contributed by atoms with E-state index in [1.807, 2.05) is 0 Å². The van der Waals surface area contributed by atoms with E-state index >= 15 is 0 Å². The molecule has 2 aromatic rings. The minimum atomic E-state index is -4.00. The van der Waals surface area contributed by atoms with E-state index in [0.29, 0.717) is 5.56 Å². The van der Waals surface area contributed by atoms with E-state index in [2.05, 4.69) is 4.72 Å². The zero-order chi connectivity index (χ0) is 18.9. The van der Waals surface area contributed by atoms with E-state index in [-0.39, 0.29) is 14.7 Å². The molecule has 0 aliphatic rings. The number of aryl methyl sites for hydroxylation is 1. The molecular formula is C17H21NO5S2. The summed E-state index contributed by atoms with van der Waals surface area (Å²) in [6.45, 7) is 4.25. The Morgan fingerprint density at radius 2 is 1.56 bits per heavy atom. The van der Waals surface area contributed by atoms with Gasteiger partial charge in [0, 0.05) is 0 Å². The molecule has 2 rings (SSSR count). The van der Waals surface area contributed by atoms with Crippen LogP contribution < -0.4 is 4.72 Å². The lowest BCUT2D eigenvalue weighted by Gasteiger charge is -2.24. The SMILES string of the molecule is Cc1ccc(S(=O)(=O)c2ccccc2)cc1S(=O)(=O)NC(C)(C)CO. The second-order valence-electron chi connectivity index (χ2n) is 6.39. The monoisotopic (exact) mass is 383 g/mol. The second kappa shape index (κ2) is 6.87. The van der Waals surface area contributed by atoms with Crippen LogP contribution in [0.2, 0.25) is 0 Å². The number of aliphatic hydroxyl groups excluding tert-OH is 1. The van der Waals surface area contributed by atoms with Crippen LogP contribution in [0.5, 0.6) is 0 Å². The molecule has 0 saturated heterocycles. The van der Waals surface area contributed by atoms with Crippen molar-refractivity contribution in [1.82, 2.24) is 4.72 Å². The van der Waals surface area contributed by atoms with Gasteiger partial charge in [0.1, 0.15) is 0 Å². The Morgan fingerprint density at radius 1 is 0.960 bits per heavy atom. The van der Waals surface area contributed by atoms with Crippen molar-refractivity contribution < 1.29 is 21.9 Å². The van der Waals surface area contributed by atoms with Gasteiger partial charge in [-0.15, -0.1) is 0 Å². The van der Waals surface area contributed by atoms with Gasteiger partial charge >= 0.3 is 0 Å². The molecule has 6 nitrogen and oxygen atoms in total. The third-order valence-electron chi connectivity index (χ3n) is 3.62. The van der Waals surface area contributed by atoms with Crippen molar-refractivity contribution in [2.75, 3.05) is 6.61 Å². The highest BCUT2D eigenvalue weighted by atomic mass is 32.2. The molecule has 0 amide bonds. The Labute approximate surface area is 148 Å². The number of hydrogen-bond donors (Lipinski definition) is 2. The van der Waals surface area contributed by atoms with E-state index in [4.69, 9.17) is 0 Å². The van der Waals surface area contributed by atoms with Gasteiger partial charge in [-0.25, -0.2) is 21.6 Å². The maximum absolute atomic E-state index is 12.7. The predicted octanol–water partition coefficient (Wildman–Crippen LogP) is 1.88. The van der Waals surface area contributed by atoms with Crippen molar-refractivity contribution in [2.24, 2.45) is 0 Å². The normalized spacial score (nSPS) is 13.0. The Hall–Kier alpha value is -1.74. The smallest absolute Gasteiger partial charge is 0.241 e. The lowest BCUT2D eigenvalue weighted by Crippen LogP contribution is -2.46. The molecule has 0 spiro atoms. The Bertz CT molecular complexity index is 965. The Balaban J connectivity index is 2.56. The predicted molar refractivity (Wildman–Crippen MR) is 94.6 cm³/mol. The van der Waals surface area contributed by atoms with E-state index in [1.54, 1.807) is 25.1 Å². The quantitative estimate of drug-likeness (QED) is 0.793. The zero-order valence-electron chi connectivity index (χ0n) is 14.2. The molecule has 0 aromatic heterocycles. The van der Waals surface area contributed by atoms with Gasteiger partial charge in [0.25, 0.3) is 0 Å². The summed E-state index contributed by atoms with van der Waals surface area (Å²) in [7, 11) is -7.83. The van der Waals surface area contributed by atoms with Gasteiger partial charge in [-0.05, 0) is 50.6 Å². The first kappa shape index (κ1) is 19.6. The number of benzene rings is 2. The molecule has 0 unspecified atom stereocenters. The number of sulfonamides is 1. The summed E-state index contributed by atoms with van der Waals surface area (Å²) >= 11 is 0. The maximum atomic E-state index is 12.7. The third kappa shape index (κ3) is 4.27. The van der Waals surface area contributed by atoms with E-state index < -0.39 is 32.0 Å². The molecule has 0 aliphatic heterocycles. The average molecular weight is 383 g/mol. The fraction of sp³-hybridized carbons (Fsp3) is 0.294. The van der Waals surface area contributed by atoms with Gasteiger partial charge in [-0.2, -0.15) is 0 Å². The van der Waals surface area contributed by atoms with Gasteiger partial charge in [-0.1, -0.05) is 24.3 Å². The molecule has 0 saturated carbocycles. The first-order valence-electron chi connectivity index (χ1n) is 7.55. The molecule has 136 valence electrons. The van der Waals surface area contributed by atoms with Crippen molar-refractivity contribution in [3.63, 3.8) is 0 Å². The van der Waals surface area contributed by atoms with Crippen molar-refractivity contribution in [2.45, 2.75) is 41.0 Å². The minimum absolute atomic E-state index is 0.0887. The summed E-state index contributed by atoms with van der Waals surface area (Å²) in [5.74, 6) is 0. The van der Waals surface area contributed by atoms with Crippen LogP contribution in [0.3, 0.4) is 0 Å². The minimum Gasteiger partial charge on any atom is -0.394 e. The van der Waals surface area contributed by atoms with Gasteiger partial charge in [0.05, 0.1) is 26.8 Å². The summed E-state index contributed by atoms with van der Waals surface area (Å²) in [6.07, 6.45) is 0. The number of hydrogen-bond acceptors (Lipinski definition) is 5. The fourth-order valence-corrected chi connectivity index (χ4v) is 5.28. The fourth-order valence-electron chi connectivity index (χ4n) is 2.22. The largest absolute Gasteiger partial charge is 0.394 e. The lowest BCUT2D eigenvalue weighted by atomic mass is 10.1. The van der Waals surface area contributed by atoms with Gasteiger partial charge in [-0.3, -0.25) is 0 Å². The molecule has 2 N–H and O–H groups in total. The molecule has 25 heavy (non-hydrogen) atoms. The van der Waals surface area contributed by atoms with Crippen LogP contribution in [-0.4, -0.2) is 34.1 Å². The molecule has 0 radical (unpaired) electrons. The van der Waals surface area contributed by atoms with Crippen LogP contribution in [0.15, 0.2) is 63.2 Å². The summed E-state index contributed by atoms with van der Waals surface area (Å²) < 4.78 is 53.1. The first-order valence-corrected chi connectivity index (χ1v) is 10.5. The van der Waals surface area contributed by atoms with Crippen LogP contribution in [0, 0.1) is 6.92 Å². The summed E-state index contributed by atoms with van der Waals surface area (Å²) in [4.78, 5) is -0.150. The van der Waals surface area contributed by atoms with Crippen molar-refractivity contribution >= 4 is 19.9 Å². The number of aliphatic hydroxyl groups is 1.